The first-order valence-electron chi connectivity index (χ1n) is 6.71. The molecule has 5 heteroatoms. The third-order valence-electron chi connectivity index (χ3n) is 2.81. The van der Waals surface area contributed by atoms with Crippen molar-refractivity contribution < 1.29 is 9.59 Å². The first-order valence-corrected chi connectivity index (χ1v) is 6.71. The number of carbonyl (C=O) groups is 2. The lowest BCUT2D eigenvalue weighted by molar-refractivity contribution is -0.121. The van der Waals surface area contributed by atoms with Crippen LogP contribution >= 0.6 is 0 Å². The molecule has 2 N–H and O–H groups in total. The summed E-state index contributed by atoms with van der Waals surface area (Å²) in [5, 5.41) is 5.08. The molecule has 104 valence electrons. The van der Waals surface area contributed by atoms with Crippen LogP contribution in [0.3, 0.4) is 0 Å². The molecule has 0 atom stereocenters. The molecule has 1 fully saturated rings. The second-order valence-corrected chi connectivity index (χ2v) is 5.94. The second-order valence-electron chi connectivity index (χ2n) is 5.94. The van der Waals surface area contributed by atoms with Gasteiger partial charge >= 0.3 is 6.03 Å². The zero-order valence-corrected chi connectivity index (χ0v) is 11.7. The van der Waals surface area contributed by atoms with Crippen molar-refractivity contribution in [2.75, 3.05) is 19.6 Å². The maximum Gasteiger partial charge on any atom is 0.321 e. The van der Waals surface area contributed by atoms with Crippen LogP contribution in [0.2, 0.25) is 0 Å². The SMILES string of the molecule is CC(C)(C)NC(=O)NC(=O)CN1CCCCCC1. The number of imide groups is 1. The lowest BCUT2D eigenvalue weighted by Crippen LogP contribution is -2.50. The molecule has 1 aliphatic rings. The van der Waals surface area contributed by atoms with E-state index in [9.17, 15) is 9.59 Å². The van der Waals surface area contributed by atoms with Gasteiger partial charge in [0.15, 0.2) is 0 Å². The summed E-state index contributed by atoms with van der Waals surface area (Å²) >= 11 is 0. The number of likely N-dealkylation sites (tertiary alicyclic amines) is 1. The van der Waals surface area contributed by atoms with Crippen LogP contribution in [0.5, 0.6) is 0 Å². The highest BCUT2D eigenvalue weighted by Crippen LogP contribution is 2.08. The maximum atomic E-state index is 11.7. The van der Waals surface area contributed by atoms with E-state index < -0.39 is 6.03 Å². The van der Waals surface area contributed by atoms with E-state index >= 15 is 0 Å². The highest BCUT2D eigenvalue weighted by atomic mass is 16.2. The molecule has 0 bridgehead atoms. The summed E-state index contributed by atoms with van der Waals surface area (Å²) in [6.45, 7) is 7.86. The summed E-state index contributed by atoms with van der Waals surface area (Å²) in [7, 11) is 0. The van der Waals surface area contributed by atoms with E-state index in [2.05, 4.69) is 15.5 Å². The average Bonchev–Trinajstić information content (AvgIpc) is 2.42. The molecule has 0 radical (unpaired) electrons. The van der Waals surface area contributed by atoms with Crippen LogP contribution in [0, 0.1) is 0 Å². The first-order chi connectivity index (χ1) is 8.37. The van der Waals surface area contributed by atoms with Gasteiger partial charge in [0.25, 0.3) is 0 Å². The summed E-state index contributed by atoms with van der Waals surface area (Å²) in [5.41, 5.74) is -0.326. The van der Waals surface area contributed by atoms with E-state index in [1.807, 2.05) is 20.8 Å². The molecule has 0 aromatic rings. The van der Waals surface area contributed by atoms with Crippen molar-refractivity contribution in [1.82, 2.24) is 15.5 Å². The summed E-state index contributed by atoms with van der Waals surface area (Å²) < 4.78 is 0. The van der Waals surface area contributed by atoms with Gasteiger partial charge < -0.3 is 5.32 Å². The summed E-state index contributed by atoms with van der Waals surface area (Å²) in [4.78, 5) is 25.3. The van der Waals surface area contributed by atoms with E-state index in [1.54, 1.807) is 0 Å². The predicted molar refractivity (Wildman–Crippen MR) is 71.3 cm³/mol. The molecular weight excluding hydrogens is 230 g/mol. The molecule has 0 saturated carbocycles. The third kappa shape index (κ3) is 6.59. The molecule has 5 nitrogen and oxygen atoms in total. The van der Waals surface area contributed by atoms with Gasteiger partial charge in [0.2, 0.25) is 5.91 Å². The molecule has 0 aromatic carbocycles. The van der Waals surface area contributed by atoms with Crippen molar-refractivity contribution in [3.05, 3.63) is 0 Å². The molecule has 1 aliphatic heterocycles. The first kappa shape index (κ1) is 15.0. The lowest BCUT2D eigenvalue weighted by Gasteiger charge is -2.22. The van der Waals surface area contributed by atoms with Crippen molar-refractivity contribution >= 4 is 11.9 Å². The minimum absolute atomic E-state index is 0.223. The Hall–Kier alpha value is -1.10. The largest absolute Gasteiger partial charge is 0.333 e. The fourth-order valence-electron chi connectivity index (χ4n) is 2.04. The Morgan fingerprint density at radius 2 is 1.61 bits per heavy atom. The van der Waals surface area contributed by atoms with Crippen LogP contribution in [-0.4, -0.2) is 42.0 Å². The van der Waals surface area contributed by atoms with Gasteiger partial charge in [-0.2, -0.15) is 0 Å². The normalized spacial score (nSPS) is 17.9. The van der Waals surface area contributed by atoms with Crippen molar-refractivity contribution in [3.8, 4) is 0 Å². The van der Waals surface area contributed by atoms with Gasteiger partial charge in [0.1, 0.15) is 0 Å². The zero-order valence-electron chi connectivity index (χ0n) is 11.7. The number of amides is 3. The number of nitrogens with zero attached hydrogens (tertiary/aromatic N) is 1. The van der Waals surface area contributed by atoms with Gasteiger partial charge in [-0.3, -0.25) is 15.0 Å². The molecule has 1 saturated heterocycles. The van der Waals surface area contributed by atoms with Crippen molar-refractivity contribution in [2.45, 2.75) is 52.0 Å². The van der Waals surface area contributed by atoms with Gasteiger partial charge in [0.05, 0.1) is 6.54 Å². The number of urea groups is 1. The monoisotopic (exact) mass is 255 g/mol. The van der Waals surface area contributed by atoms with Crippen LogP contribution in [0.4, 0.5) is 4.79 Å². The summed E-state index contributed by atoms with van der Waals surface area (Å²) in [5.74, 6) is -0.223. The average molecular weight is 255 g/mol. The maximum absolute atomic E-state index is 11.7. The van der Waals surface area contributed by atoms with Crippen LogP contribution < -0.4 is 10.6 Å². The Morgan fingerprint density at radius 3 is 2.11 bits per heavy atom. The minimum Gasteiger partial charge on any atom is -0.333 e. The van der Waals surface area contributed by atoms with E-state index in [0.717, 1.165) is 25.9 Å². The second kappa shape index (κ2) is 6.73. The zero-order chi connectivity index (χ0) is 13.6. The molecule has 1 heterocycles. The summed E-state index contributed by atoms with van der Waals surface area (Å²) in [6.07, 6.45) is 4.76. The summed E-state index contributed by atoms with van der Waals surface area (Å²) in [6, 6.07) is -0.415. The van der Waals surface area contributed by atoms with E-state index in [-0.39, 0.29) is 11.4 Å². The topological polar surface area (TPSA) is 61.4 Å². The number of hydrogen-bond acceptors (Lipinski definition) is 3. The van der Waals surface area contributed by atoms with Gasteiger partial charge in [-0.15, -0.1) is 0 Å². The fraction of sp³-hybridized carbons (Fsp3) is 0.846. The van der Waals surface area contributed by atoms with Crippen molar-refractivity contribution in [3.63, 3.8) is 0 Å². The molecule has 0 aliphatic carbocycles. The van der Waals surface area contributed by atoms with Gasteiger partial charge in [-0.25, -0.2) is 4.79 Å². The molecule has 3 amide bonds. The minimum atomic E-state index is -0.415. The number of hydrogen-bond donors (Lipinski definition) is 2. The Balaban J connectivity index is 2.29. The highest BCUT2D eigenvalue weighted by molar-refractivity contribution is 5.95. The van der Waals surface area contributed by atoms with Crippen LogP contribution in [0.25, 0.3) is 0 Å². The molecule has 1 rings (SSSR count). The Labute approximate surface area is 109 Å². The lowest BCUT2D eigenvalue weighted by atomic mass is 10.1. The van der Waals surface area contributed by atoms with Gasteiger partial charge in [-0.05, 0) is 46.7 Å². The molecule has 0 spiro atoms. The fourth-order valence-corrected chi connectivity index (χ4v) is 2.04. The van der Waals surface area contributed by atoms with E-state index in [1.165, 1.54) is 12.8 Å². The molecular formula is C13H25N3O2. The Bertz CT molecular complexity index is 289. The van der Waals surface area contributed by atoms with Crippen LogP contribution in [-0.2, 0) is 4.79 Å². The quantitative estimate of drug-likeness (QED) is 0.786. The highest BCUT2D eigenvalue weighted by Gasteiger charge is 2.17. The van der Waals surface area contributed by atoms with Crippen LogP contribution in [0.1, 0.15) is 46.5 Å². The number of rotatable bonds is 2. The van der Waals surface area contributed by atoms with E-state index in [4.69, 9.17) is 0 Å². The standard InChI is InChI=1S/C13H25N3O2/c1-13(2,3)15-12(18)14-11(17)10-16-8-6-4-5-7-9-16/h4-10H2,1-3H3,(H2,14,15,17,18). The van der Waals surface area contributed by atoms with Gasteiger partial charge in [-0.1, -0.05) is 12.8 Å². The molecule has 0 unspecified atom stereocenters. The third-order valence-corrected chi connectivity index (χ3v) is 2.81. The van der Waals surface area contributed by atoms with Crippen LogP contribution in [0.15, 0.2) is 0 Å². The molecule has 18 heavy (non-hydrogen) atoms. The van der Waals surface area contributed by atoms with Crippen molar-refractivity contribution in [2.24, 2.45) is 0 Å². The van der Waals surface area contributed by atoms with Gasteiger partial charge in [0, 0.05) is 5.54 Å². The predicted octanol–water partition coefficient (Wildman–Crippen LogP) is 1.49. The number of carbonyl (C=O) groups excluding carboxylic acids is 2. The number of nitrogens with one attached hydrogen (secondary N) is 2. The van der Waals surface area contributed by atoms with Crippen molar-refractivity contribution in [1.29, 1.82) is 0 Å². The Morgan fingerprint density at radius 1 is 1.06 bits per heavy atom. The van der Waals surface area contributed by atoms with E-state index in [0.29, 0.717) is 6.54 Å². The molecule has 0 aromatic heterocycles. The smallest absolute Gasteiger partial charge is 0.321 e. The Kier molecular flexibility index (Phi) is 5.59.